The highest BCUT2D eigenvalue weighted by Gasteiger charge is 2.59. The SMILES string of the molecule is CC(=O)Nc1ccc2c(OC(=O)C3[C@@H](c4ccccc4)C(C(=O)O)[C@@H]3c3ccccc3)cccc2c1. The molecule has 1 fully saturated rings. The lowest BCUT2D eigenvalue weighted by Gasteiger charge is -2.49. The van der Waals surface area contributed by atoms with E-state index >= 15 is 0 Å². The fraction of sp³-hybridized carbons (Fsp3) is 0.167. The van der Waals surface area contributed by atoms with Gasteiger partial charge in [-0.2, -0.15) is 0 Å². The number of amides is 1. The zero-order chi connectivity index (χ0) is 25.2. The van der Waals surface area contributed by atoms with Crippen LogP contribution in [-0.2, 0) is 14.4 Å². The van der Waals surface area contributed by atoms with Gasteiger partial charge in [-0.25, -0.2) is 0 Å². The summed E-state index contributed by atoms with van der Waals surface area (Å²) < 4.78 is 5.96. The topological polar surface area (TPSA) is 92.7 Å². The zero-order valence-corrected chi connectivity index (χ0v) is 19.6. The Hall–Kier alpha value is -4.45. The number of carboxylic acids is 1. The maximum Gasteiger partial charge on any atom is 0.315 e. The largest absolute Gasteiger partial charge is 0.481 e. The molecular formula is C30H25NO5. The molecule has 0 aromatic heterocycles. The Kier molecular flexibility index (Phi) is 6.25. The van der Waals surface area contributed by atoms with Crippen molar-refractivity contribution in [2.45, 2.75) is 18.8 Å². The molecule has 6 nitrogen and oxygen atoms in total. The molecular weight excluding hydrogens is 454 g/mol. The Morgan fingerprint density at radius 1 is 0.750 bits per heavy atom. The third kappa shape index (κ3) is 4.33. The van der Waals surface area contributed by atoms with Crippen molar-refractivity contribution >= 4 is 34.3 Å². The van der Waals surface area contributed by atoms with E-state index in [0.29, 0.717) is 11.4 Å². The molecule has 0 heterocycles. The maximum absolute atomic E-state index is 13.7. The number of anilines is 1. The summed E-state index contributed by atoms with van der Waals surface area (Å²) in [5, 5.41) is 14.4. The molecule has 2 N–H and O–H groups in total. The Morgan fingerprint density at radius 3 is 1.92 bits per heavy atom. The summed E-state index contributed by atoms with van der Waals surface area (Å²) in [7, 11) is 0. The molecule has 0 bridgehead atoms. The number of benzene rings is 4. The van der Waals surface area contributed by atoms with Crippen LogP contribution in [0.5, 0.6) is 5.75 Å². The van der Waals surface area contributed by atoms with E-state index in [9.17, 15) is 19.5 Å². The first-order valence-corrected chi connectivity index (χ1v) is 11.8. The van der Waals surface area contributed by atoms with Crippen molar-refractivity contribution in [1.82, 2.24) is 0 Å². The van der Waals surface area contributed by atoms with Gasteiger partial charge in [0.05, 0.1) is 11.8 Å². The number of hydrogen-bond donors (Lipinski definition) is 2. The fourth-order valence-corrected chi connectivity index (χ4v) is 5.33. The molecule has 0 saturated heterocycles. The quantitative estimate of drug-likeness (QED) is 0.277. The van der Waals surface area contributed by atoms with Gasteiger partial charge in [0.2, 0.25) is 5.91 Å². The van der Waals surface area contributed by atoms with E-state index in [1.807, 2.05) is 72.8 Å². The van der Waals surface area contributed by atoms with Crippen molar-refractivity contribution in [3.63, 3.8) is 0 Å². The van der Waals surface area contributed by atoms with Crippen molar-refractivity contribution in [3.05, 3.63) is 108 Å². The average molecular weight is 480 g/mol. The molecule has 5 rings (SSSR count). The minimum Gasteiger partial charge on any atom is -0.481 e. The van der Waals surface area contributed by atoms with E-state index in [4.69, 9.17) is 4.74 Å². The smallest absolute Gasteiger partial charge is 0.315 e. The Balaban J connectivity index is 1.52. The van der Waals surface area contributed by atoms with Crippen LogP contribution in [0.2, 0.25) is 0 Å². The second-order valence-corrected chi connectivity index (χ2v) is 9.06. The number of nitrogens with one attached hydrogen (secondary N) is 1. The molecule has 1 aliphatic rings. The molecule has 0 radical (unpaired) electrons. The monoisotopic (exact) mass is 479 g/mol. The highest BCUT2D eigenvalue weighted by molar-refractivity contribution is 5.96. The summed E-state index contributed by atoms with van der Waals surface area (Å²) in [6, 6.07) is 29.3. The summed E-state index contributed by atoms with van der Waals surface area (Å²) in [4.78, 5) is 37.5. The number of rotatable bonds is 6. The van der Waals surface area contributed by atoms with E-state index in [1.165, 1.54) is 6.92 Å². The average Bonchev–Trinajstić information content (AvgIpc) is 2.84. The number of aliphatic carboxylic acids is 1. The standard InChI is InChI=1S/C30H25NO5/c1-18(32)31-22-15-16-23-21(17-22)13-8-14-24(23)36-30(35)28-25(19-9-4-2-5-10-19)27(29(33)34)26(28)20-11-6-3-7-12-20/h2-17,25-28H,1H3,(H,31,32)(H,33,34)/t25-,26-,27?,28?/m0/s1. The molecule has 1 saturated carbocycles. The fourth-order valence-electron chi connectivity index (χ4n) is 5.33. The number of fused-ring (bicyclic) bond motifs is 1. The van der Waals surface area contributed by atoms with Gasteiger partial charge in [-0.3, -0.25) is 14.4 Å². The lowest BCUT2D eigenvalue weighted by molar-refractivity contribution is -0.158. The summed E-state index contributed by atoms with van der Waals surface area (Å²) in [6.07, 6.45) is 0. The van der Waals surface area contributed by atoms with Gasteiger partial charge >= 0.3 is 11.9 Å². The number of hydrogen-bond acceptors (Lipinski definition) is 4. The first kappa shape index (κ1) is 23.3. The Morgan fingerprint density at radius 2 is 1.36 bits per heavy atom. The molecule has 36 heavy (non-hydrogen) atoms. The third-order valence-corrected chi connectivity index (χ3v) is 6.85. The van der Waals surface area contributed by atoms with Crippen LogP contribution in [0.15, 0.2) is 97.1 Å². The summed E-state index contributed by atoms with van der Waals surface area (Å²) in [5.74, 6) is -3.61. The molecule has 6 heteroatoms. The number of carbonyl (C=O) groups excluding carboxylic acids is 2. The highest BCUT2D eigenvalue weighted by atomic mass is 16.5. The molecule has 180 valence electrons. The van der Waals surface area contributed by atoms with Crippen LogP contribution in [0.1, 0.15) is 29.9 Å². The predicted molar refractivity (Wildman–Crippen MR) is 137 cm³/mol. The lowest BCUT2D eigenvalue weighted by atomic mass is 9.52. The maximum atomic E-state index is 13.7. The van der Waals surface area contributed by atoms with E-state index in [2.05, 4.69) is 5.32 Å². The zero-order valence-electron chi connectivity index (χ0n) is 19.6. The predicted octanol–water partition coefficient (Wildman–Crippen LogP) is 5.60. The van der Waals surface area contributed by atoms with Gasteiger partial charge in [0.25, 0.3) is 0 Å². The van der Waals surface area contributed by atoms with Crippen LogP contribution in [0.25, 0.3) is 10.8 Å². The molecule has 0 spiro atoms. The van der Waals surface area contributed by atoms with Crippen LogP contribution < -0.4 is 10.1 Å². The minimum absolute atomic E-state index is 0.172. The molecule has 4 aromatic carbocycles. The molecule has 4 aromatic rings. The molecule has 1 amide bonds. The van der Waals surface area contributed by atoms with E-state index in [-0.39, 0.29) is 5.91 Å². The number of carboxylic acid groups (broad SMARTS) is 1. The van der Waals surface area contributed by atoms with Gasteiger partial charge in [-0.05, 0) is 40.8 Å². The van der Waals surface area contributed by atoms with Crippen LogP contribution in [0.3, 0.4) is 0 Å². The van der Waals surface area contributed by atoms with Crippen LogP contribution in [0, 0.1) is 11.8 Å². The molecule has 1 aliphatic carbocycles. The normalized spacial score (nSPS) is 20.8. The first-order chi connectivity index (χ1) is 17.4. The third-order valence-electron chi connectivity index (χ3n) is 6.85. The number of ether oxygens (including phenoxy) is 1. The highest BCUT2D eigenvalue weighted by Crippen LogP contribution is 2.58. The molecule has 0 unspecified atom stereocenters. The van der Waals surface area contributed by atoms with Crippen molar-refractivity contribution in [2.24, 2.45) is 11.8 Å². The second-order valence-electron chi connectivity index (χ2n) is 9.06. The summed E-state index contributed by atoms with van der Waals surface area (Å²) >= 11 is 0. The van der Waals surface area contributed by atoms with Crippen LogP contribution in [0.4, 0.5) is 5.69 Å². The van der Waals surface area contributed by atoms with Gasteiger partial charge in [0.1, 0.15) is 5.75 Å². The first-order valence-electron chi connectivity index (χ1n) is 11.8. The Bertz CT molecular complexity index is 1390. The minimum atomic E-state index is -0.933. The number of esters is 1. The van der Waals surface area contributed by atoms with Crippen molar-refractivity contribution in [3.8, 4) is 5.75 Å². The van der Waals surface area contributed by atoms with Crippen molar-refractivity contribution in [1.29, 1.82) is 0 Å². The van der Waals surface area contributed by atoms with Crippen molar-refractivity contribution in [2.75, 3.05) is 5.32 Å². The van der Waals surface area contributed by atoms with Gasteiger partial charge < -0.3 is 15.2 Å². The van der Waals surface area contributed by atoms with E-state index in [1.54, 1.807) is 24.3 Å². The van der Waals surface area contributed by atoms with Gasteiger partial charge in [0.15, 0.2) is 0 Å². The Labute approximate surface area is 208 Å². The van der Waals surface area contributed by atoms with Gasteiger partial charge in [-0.15, -0.1) is 0 Å². The summed E-state index contributed by atoms with van der Waals surface area (Å²) in [5.41, 5.74) is 2.25. The summed E-state index contributed by atoms with van der Waals surface area (Å²) in [6.45, 7) is 1.44. The van der Waals surface area contributed by atoms with E-state index in [0.717, 1.165) is 21.9 Å². The van der Waals surface area contributed by atoms with E-state index < -0.39 is 35.6 Å². The molecule has 0 aliphatic heterocycles. The van der Waals surface area contributed by atoms with Gasteiger partial charge in [0, 0.05) is 29.8 Å². The van der Waals surface area contributed by atoms with Gasteiger partial charge in [-0.1, -0.05) is 72.8 Å². The molecule has 2 atom stereocenters. The lowest BCUT2D eigenvalue weighted by Crippen LogP contribution is -2.52. The van der Waals surface area contributed by atoms with Crippen molar-refractivity contribution < 1.29 is 24.2 Å². The second kappa shape index (κ2) is 9.66. The number of carbonyl (C=O) groups is 3. The van der Waals surface area contributed by atoms with Crippen LogP contribution >= 0.6 is 0 Å². The van der Waals surface area contributed by atoms with Crippen LogP contribution in [-0.4, -0.2) is 23.0 Å².